The number of nitrogens with one attached hydrogen (secondary N) is 1. The topological polar surface area (TPSA) is 50.5 Å². The lowest BCUT2D eigenvalue weighted by molar-refractivity contribution is -0.0333. The summed E-state index contributed by atoms with van der Waals surface area (Å²) in [6.45, 7) is 9.34. The molecule has 0 aliphatic carbocycles. The smallest absolute Gasteiger partial charge is 0.128 e. The second kappa shape index (κ2) is 6.83. The Kier molecular flexibility index (Phi) is 5.32. The molecule has 1 fully saturated rings. The number of aryl methyl sites for hydroxylation is 1. The maximum absolute atomic E-state index is 14.3. The minimum atomic E-state index is -0.263. The van der Waals surface area contributed by atoms with Gasteiger partial charge in [0.1, 0.15) is 5.82 Å². The van der Waals surface area contributed by atoms with Crippen LogP contribution in [0.1, 0.15) is 37.4 Å². The van der Waals surface area contributed by atoms with Gasteiger partial charge in [0, 0.05) is 24.2 Å². The number of benzene rings is 1. The highest BCUT2D eigenvalue weighted by Crippen LogP contribution is 2.35. The molecule has 2 rings (SSSR count). The molecule has 4 nitrogen and oxygen atoms in total. The van der Waals surface area contributed by atoms with Crippen molar-refractivity contribution in [3.8, 4) is 0 Å². The third kappa shape index (κ3) is 3.26. The molecule has 21 heavy (non-hydrogen) atoms. The van der Waals surface area contributed by atoms with E-state index in [-0.39, 0.29) is 17.4 Å². The van der Waals surface area contributed by atoms with E-state index in [9.17, 15) is 4.39 Å². The molecule has 3 N–H and O–H groups in total. The van der Waals surface area contributed by atoms with Gasteiger partial charge in [0.2, 0.25) is 0 Å². The molecule has 2 atom stereocenters. The van der Waals surface area contributed by atoms with Crippen molar-refractivity contribution in [3.05, 3.63) is 35.1 Å². The van der Waals surface area contributed by atoms with Crippen molar-refractivity contribution in [2.24, 2.45) is 5.84 Å². The molecule has 0 radical (unpaired) electrons. The lowest BCUT2D eigenvalue weighted by Crippen LogP contribution is -2.58. The van der Waals surface area contributed by atoms with E-state index < -0.39 is 0 Å². The Hall–Kier alpha value is -1.01. The average Bonchev–Trinajstić information content (AvgIpc) is 2.52. The third-order valence-electron chi connectivity index (χ3n) is 4.70. The van der Waals surface area contributed by atoms with Crippen LogP contribution in [0.2, 0.25) is 0 Å². The van der Waals surface area contributed by atoms with Crippen molar-refractivity contribution in [1.29, 1.82) is 0 Å². The Morgan fingerprint density at radius 3 is 2.67 bits per heavy atom. The van der Waals surface area contributed by atoms with Crippen LogP contribution in [0.25, 0.3) is 0 Å². The lowest BCUT2D eigenvalue weighted by atomic mass is 9.82. The molecule has 1 aliphatic heterocycles. The molecule has 1 heterocycles. The highest BCUT2D eigenvalue weighted by atomic mass is 19.1. The van der Waals surface area contributed by atoms with Gasteiger partial charge in [-0.1, -0.05) is 24.6 Å². The second-order valence-electron chi connectivity index (χ2n) is 5.93. The molecule has 0 bridgehead atoms. The van der Waals surface area contributed by atoms with Crippen molar-refractivity contribution in [2.45, 2.75) is 38.8 Å². The summed E-state index contributed by atoms with van der Waals surface area (Å²) in [5.74, 6) is 5.61. The molecule has 0 aromatic heterocycles. The summed E-state index contributed by atoms with van der Waals surface area (Å²) in [6, 6.07) is 4.92. The van der Waals surface area contributed by atoms with Crippen molar-refractivity contribution in [3.63, 3.8) is 0 Å². The van der Waals surface area contributed by atoms with Crippen LogP contribution < -0.4 is 11.3 Å². The maximum Gasteiger partial charge on any atom is 0.128 e. The van der Waals surface area contributed by atoms with Gasteiger partial charge in [0.05, 0.1) is 19.3 Å². The van der Waals surface area contributed by atoms with Crippen molar-refractivity contribution in [2.75, 3.05) is 26.3 Å². The van der Waals surface area contributed by atoms with Gasteiger partial charge in [-0.3, -0.25) is 16.2 Å². The highest BCUT2D eigenvalue weighted by molar-refractivity contribution is 5.29. The normalized spacial score (nSPS) is 21.0. The number of hydrogen-bond donors (Lipinski definition) is 2. The van der Waals surface area contributed by atoms with Crippen molar-refractivity contribution < 1.29 is 9.13 Å². The van der Waals surface area contributed by atoms with Crippen LogP contribution in [0.4, 0.5) is 4.39 Å². The van der Waals surface area contributed by atoms with Crippen LogP contribution in [-0.4, -0.2) is 36.7 Å². The van der Waals surface area contributed by atoms with E-state index in [0.29, 0.717) is 18.8 Å². The summed E-state index contributed by atoms with van der Waals surface area (Å²) in [7, 11) is 0. The molecule has 5 heteroatoms. The number of hydrogen-bond acceptors (Lipinski definition) is 4. The number of nitrogens with two attached hydrogens (primary N) is 1. The predicted molar refractivity (Wildman–Crippen MR) is 82.3 cm³/mol. The molecule has 1 saturated heterocycles. The summed E-state index contributed by atoms with van der Waals surface area (Å²) < 4.78 is 19.7. The Morgan fingerprint density at radius 1 is 1.43 bits per heavy atom. The molecule has 2 unspecified atom stereocenters. The van der Waals surface area contributed by atoms with E-state index in [1.165, 1.54) is 6.07 Å². The summed E-state index contributed by atoms with van der Waals surface area (Å²) >= 11 is 0. The van der Waals surface area contributed by atoms with Crippen LogP contribution >= 0.6 is 0 Å². The first-order chi connectivity index (χ1) is 10.0. The zero-order chi connectivity index (χ0) is 15.5. The molecule has 1 aliphatic rings. The highest BCUT2D eigenvalue weighted by Gasteiger charge is 2.40. The van der Waals surface area contributed by atoms with E-state index >= 15 is 0 Å². The van der Waals surface area contributed by atoms with Crippen LogP contribution in [-0.2, 0) is 4.74 Å². The summed E-state index contributed by atoms with van der Waals surface area (Å²) in [6.07, 6.45) is 0.870. The van der Waals surface area contributed by atoms with Gasteiger partial charge in [0.25, 0.3) is 0 Å². The van der Waals surface area contributed by atoms with Crippen LogP contribution in [0.15, 0.2) is 18.2 Å². The number of rotatable bonds is 5. The first-order valence-corrected chi connectivity index (χ1v) is 7.58. The van der Waals surface area contributed by atoms with Gasteiger partial charge in [0.15, 0.2) is 0 Å². The molecular weight excluding hydrogens is 269 g/mol. The van der Waals surface area contributed by atoms with Crippen LogP contribution in [0.3, 0.4) is 0 Å². The third-order valence-corrected chi connectivity index (χ3v) is 4.70. The minimum absolute atomic E-state index is 0.212. The van der Waals surface area contributed by atoms with E-state index in [4.69, 9.17) is 10.6 Å². The number of morpholine rings is 1. The monoisotopic (exact) mass is 295 g/mol. The Bertz CT molecular complexity index is 477. The first kappa shape index (κ1) is 16.4. The predicted octanol–water partition coefficient (Wildman–Crippen LogP) is 2.14. The molecule has 0 spiro atoms. The minimum Gasteiger partial charge on any atom is -0.379 e. The van der Waals surface area contributed by atoms with Gasteiger partial charge < -0.3 is 4.74 Å². The van der Waals surface area contributed by atoms with Crippen molar-refractivity contribution in [1.82, 2.24) is 10.3 Å². The largest absolute Gasteiger partial charge is 0.379 e. The molecular formula is C16H26FN3O. The van der Waals surface area contributed by atoms with Crippen LogP contribution in [0.5, 0.6) is 0 Å². The average molecular weight is 295 g/mol. The van der Waals surface area contributed by atoms with Crippen molar-refractivity contribution >= 4 is 0 Å². The van der Waals surface area contributed by atoms with Gasteiger partial charge in [-0.15, -0.1) is 0 Å². The molecule has 118 valence electrons. The molecule has 0 amide bonds. The van der Waals surface area contributed by atoms with Gasteiger partial charge in [-0.25, -0.2) is 4.39 Å². The van der Waals surface area contributed by atoms with Gasteiger partial charge in [-0.2, -0.15) is 0 Å². The number of halogens is 1. The van der Waals surface area contributed by atoms with E-state index in [0.717, 1.165) is 25.1 Å². The van der Waals surface area contributed by atoms with Gasteiger partial charge >= 0.3 is 0 Å². The maximum atomic E-state index is 14.3. The molecule has 0 saturated carbocycles. The Balaban J connectivity index is 2.38. The number of nitrogens with zero attached hydrogens (tertiary/aromatic N) is 1. The quantitative estimate of drug-likeness (QED) is 0.645. The van der Waals surface area contributed by atoms with Gasteiger partial charge in [-0.05, 0) is 26.3 Å². The Labute approximate surface area is 126 Å². The van der Waals surface area contributed by atoms with E-state index in [1.54, 1.807) is 6.07 Å². The fraction of sp³-hybridized carbons (Fsp3) is 0.625. The summed E-state index contributed by atoms with van der Waals surface area (Å²) in [5.41, 5.74) is 4.26. The zero-order valence-electron chi connectivity index (χ0n) is 13.2. The number of ether oxygens (including phenoxy) is 1. The zero-order valence-corrected chi connectivity index (χ0v) is 13.2. The summed E-state index contributed by atoms with van der Waals surface area (Å²) in [4.78, 5) is 2.35. The fourth-order valence-electron chi connectivity index (χ4n) is 3.17. The van der Waals surface area contributed by atoms with E-state index in [2.05, 4.69) is 24.2 Å². The van der Waals surface area contributed by atoms with E-state index in [1.807, 2.05) is 13.0 Å². The lowest BCUT2D eigenvalue weighted by Gasteiger charge is -2.47. The second-order valence-corrected chi connectivity index (χ2v) is 5.93. The summed E-state index contributed by atoms with van der Waals surface area (Å²) in [5, 5.41) is 0. The standard InChI is InChI=1S/C16H26FN3O/c1-4-16(3,20-7-9-21-10-8-20)15(19-18)13-11-12(2)5-6-14(13)17/h5-6,11,15,19H,4,7-10,18H2,1-3H3. The number of hydrazine groups is 1. The SMILES string of the molecule is CCC(C)(C(NN)c1cc(C)ccc1F)N1CCOCC1. The van der Waals surface area contributed by atoms with Crippen LogP contribution in [0, 0.1) is 12.7 Å². The Morgan fingerprint density at radius 2 is 2.10 bits per heavy atom. The first-order valence-electron chi connectivity index (χ1n) is 7.58. The molecule has 1 aromatic carbocycles. The fourth-order valence-corrected chi connectivity index (χ4v) is 3.17. The molecule has 1 aromatic rings.